The highest BCUT2D eigenvalue weighted by Crippen LogP contribution is 2.49. The smallest absolute Gasteiger partial charge is 0.304 e. The number of pyridine rings is 1. The lowest BCUT2D eigenvalue weighted by atomic mass is 9.92. The van der Waals surface area contributed by atoms with Gasteiger partial charge in [-0.2, -0.15) is 0 Å². The van der Waals surface area contributed by atoms with Crippen molar-refractivity contribution in [1.82, 2.24) is 4.98 Å². The molecule has 1 aliphatic heterocycles. The summed E-state index contributed by atoms with van der Waals surface area (Å²) < 4.78 is 5.36. The molecule has 3 aromatic rings. The van der Waals surface area contributed by atoms with Gasteiger partial charge in [0, 0.05) is 34.3 Å². The second-order valence-corrected chi connectivity index (χ2v) is 7.17. The number of rotatable bonds is 4. The molecule has 2 unspecified atom stereocenters. The molecule has 5 nitrogen and oxygen atoms in total. The molecule has 4 rings (SSSR count). The molecule has 0 spiro atoms. The molecule has 1 aliphatic rings. The predicted octanol–water partition coefficient (Wildman–Crippen LogP) is 5.00. The van der Waals surface area contributed by atoms with Crippen LogP contribution in [0.4, 0.5) is 11.4 Å². The molecule has 0 radical (unpaired) electrons. The molecular weight excluding hydrogens is 364 g/mol. The number of ether oxygens (including phenoxy) is 1. The minimum Gasteiger partial charge on any atom is -0.497 e. The molecule has 0 saturated carbocycles. The van der Waals surface area contributed by atoms with Gasteiger partial charge in [-0.15, -0.1) is 0 Å². The zero-order valence-corrected chi connectivity index (χ0v) is 15.8. The topological polar surface area (TPSA) is 62.7 Å². The van der Waals surface area contributed by atoms with Crippen LogP contribution in [-0.4, -0.2) is 29.2 Å². The lowest BCUT2D eigenvalue weighted by molar-refractivity contribution is -0.137. The largest absolute Gasteiger partial charge is 0.497 e. The lowest BCUT2D eigenvalue weighted by Crippen LogP contribution is -2.28. The maximum Gasteiger partial charge on any atom is 0.304 e. The van der Waals surface area contributed by atoms with Crippen LogP contribution in [0, 0.1) is 0 Å². The molecule has 27 heavy (non-hydrogen) atoms. The first kappa shape index (κ1) is 17.6. The maximum atomic E-state index is 11.5. The van der Waals surface area contributed by atoms with Crippen molar-refractivity contribution in [1.29, 1.82) is 0 Å². The van der Waals surface area contributed by atoms with Crippen LogP contribution in [0.2, 0.25) is 5.02 Å². The molecule has 2 aromatic carbocycles. The van der Waals surface area contributed by atoms with Crippen LogP contribution >= 0.6 is 11.6 Å². The van der Waals surface area contributed by atoms with Crippen LogP contribution in [0.1, 0.15) is 24.8 Å². The highest BCUT2D eigenvalue weighted by Gasteiger charge is 2.38. The average molecular weight is 383 g/mol. The quantitative estimate of drug-likeness (QED) is 0.688. The molecule has 0 saturated heterocycles. The van der Waals surface area contributed by atoms with E-state index in [2.05, 4.69) is 16.8 Å². The van der Waals surface area contributed by atoms with Crippen LogP contribution in [0.25, 0.3) is 10.9 Å². The lowest BCUT2D eigenvalue weighted by Gasteiger charge is -2.28. The van der Waals surface area contributed by atoms with Gasteiger partial charge in [0.05, 0.1) is 24.7 Å². The van der Waals surface area contributed by atoms with Gasteiger partial charge in [-0.25, -0.2) is 0 Å². The Bertz CT molecular complexity index is 1040. The van der Waals surface area contributed by atoms with Gasteiger partial charge in [-0.3, -0.25) is 9.78 Å². The number of methoxy groups -OCH3 is 1. The second-order valence-electron chi connectivity index (χ2n) is 6.73. The van der Waals surface area contributed by atoms with Crippen molar-refractivity contribution in [3.05, 3.63) is 59.2 Å². The molecule has 0 aliphatic carbocycles. The van der Waals surface area contributed by atoms with E-state index in [1.165, 1.54) is 0 Å². The number of halogens is 1. The zero-order valence-electron chi connectivity index (χ0n) is 15.0. The van der Waals surface area contributed by atoms with Gasteiger partial charge in [-0.1, -0.05) is 11.6 Å². The van der Waals surface area contributed by atoms with Gasteiger partial charge in [0.25, 0.3) is 0 Å². The molecular formula is C21H19ClN2O3. The van der Waals surface area contributed by atoms with E-state index in [-0.39, 0.29) is 18.4 Å². The van der Waals surface area contributed by atoms with Crippen molar-refractivity contribution in [3.63, 3.8) is 0 Å². The summed E-state index contributed by atoms with van der Waals surface area (Å²) in [6.07, 6.45) is 1.82. The molecule has 1 aromatic heterocycles. The van der Waals surface area contributed by atoms with E-state index >= 15 is 0 Å². The minimum absolute atomic E-state index is 0.0236. The number of anilines is 2. The Balaban J connectivity index is 1.90. The fraction of sp³-hybridized carbons (Fsp3) is 0.238. The molecule has 2 atom stereocenters. The average Bonchev–Trinajstić information content (AvgIpc) is 2.91. The first-order valence-corrected chi connectivity index (χ1v) is 9.10. The van der Waals surface area contributed by atoms with E-state index in [4.69, 9.17) is 16.3 Å². The van der Waals surface area contributed by atoms with Gasteiger partial charge < -0.3 is 14.7 Å². The van der Waals surface area contributed by atoms with Crippen LogP contribution in [-0.2, 0) is 4.79 Å². The zero-order chi connectivity index (χ0) is 19.1. The first-order valence-electron chi connectivity index (χ1n) is 8.73. The van der Waals surface area contributed by atoms with Crippen molar-refractivity contribution in [2.24, 2.45) is 0 Å². The Kier molecular flexibility index (Phi) is 4.40. The molecule has 1 N–H and O–H groups in total. The summed E-state index contributed by atoms with van der Waals surface area (Å²) in [6, 6.07) is 13.4. The number of carbonyl (C=O) groups is 1. The van der Waals surface area contributed by atoms with Crippen LogP contribution in [0.5, 0.6) is 5.75 Å². The number of fused-ring (bicyclic) bond motifs is 2. The van der Waals surface area contributed by atoms with Gasteiger partial charge >= 0.3 is 5.97 Å². The van der Waals surface area contributed by atoms with E-state index in [0.29, 0.717) is 5.02 Å². The molecule has 6 heteroatoms. The van der Waals surface area contributed by atoms with E-state index < -0.39 is 5.97 Å². The Morgan fingerprint density at radius 3 is 2.78 bits per heavy atom. The summed E-state index contributed by atoms with van der Waals surface area (Å²) in [5.41, 5.74) is 3.78. The number of benzene rings is 2. The highest BCUT2D eigenvalue weighted by atomic mass is 35.5. The SMILES string of the molecule is COc1ccc2c(c1)C(CC(=O)O)C(C)N2c1ccnc2cc(Cl)ccc12. The number of nitrogens with zero attached hydrogens (tertiary/aromatic N) is 2. The van der Waals surface area contributed by atoms with E-state index in [1.54, 1.807) is 13.3 Å². The summed E-state index contributed by atoms with van der Waals surface area (Å²) in [5, 5.41) is 11.0. The van der Waals surface area contributed by atoms with Gasteiger partial charge in [0.1, 0.15) is 5.75 Å². The summed E-state index contributed by atoms with van der Waals surface area (Å²) in [4.78, 5) is 18.1. The summed E-state index contributed by atoms with van der Waals surface area (Å²) >= 11 is 6.12. The summed E-state index contributed by atoms with van der Waals surface area (Å²) in [5.74, 6) is -0.221. The van der Waals surface area contributed by atoms with Crippen molar-refractivity contribution in [2.45, 2.75) is 25.3 Å². The van der Waals surface area contributed by atoms with Gasteiger partial charge in [-0.05, 0) is 55.0 Å². The van der Waals surface area contributed by atoms with Crippen LogP contribution < -0.4 is 9.64 Å². The van der Waals surface area contributed by atoms with E-state index in [1.807, 2.05) is 42.5 Å². The number of carboxylic acid groups (broad SMARTS) is 1. The standard InChI is InChI=1S/C21H19ClN2O3/c1-12-16(11-21(25)26)17-10-14(27-2)4-6-19(17)24(12)20-7-8-23-18-9-13(22)3-5-15(18)20/h3-10,12,16H,11H2,1-2H3,(H,25,26). The Hall–Kier alpha value is -2.79. The monoisotopic (exact) mass is 382 g/mol. The van der Waals surface area contributed by atoms with Crippen molar-refractivity contribution >= 4 is 39.8 Å². The summed E-state index contributed by atoms with van der Waals surface area (Å²) in [7, 11) is 1.62. The Labute approximate surface area is 162 Å². The minimum atomic E-state index is -0.811. The molecule has 2 heterocycles. The first-order chi connectivity index (χ1) is 13.0. The maximum absolute atomic E-state index is 11.5. The van der Waals surface area contributed by atoms with Crippen molar-refractivity contribution in [2.75, 3.05) is 12.0 Å². The third kappa shape index (κ3) is 2.98. The summed E-state index contributed by atoms with van der Waals surface area (Å²) in [6.45, 7) is 2.06. The fourth-order valence-corrected chi connectivity index (χ4v) is 4.14. The number of hydrogen-bond acceptors (Lipinski definition) is 4. The third-order valence-corrected chi connectivity index (χ3v) is 5.45. The molecule has 138 valence electrons. The number of aliphatic carboxylic acids is 1. The fourth-order valence-electron chi connectivity index (χ4n) is 3.97. The molecule has 0 bridgehead atoms. The third-order valence-electron chi connectivity index (χ3n) is 5.22. The molecule has 0 amide bonds. The van der Waals surface area contributed by atoms with E-state index in [0.717, 1.165) is 33.6 Å². The predicted molar refractivity (Wildman–Crippen MR) is 106 cm³/mol. The van der Waals surface area contributed by atoms with Gasteiger partial charge in [0.2, 0.25) is 0 Å². The normalized spacial score (nSPS) is 18.6. The number of hydrogen-bond donors (Lipinski definition) is 1. The van der Waals surface area contributed by atoms with E-state index in [9.17, 15) is 9.90 Å². The van der Waals surface area contributed by atoms with Gasteiger partial charge in [0.15, 0.2) is 0 Å². The number of carboxylic acids is 1. The Morgan fingerprint density at radius 1 is 1.22 bits per heavy atom. The van der Waals surface area contributed by atoms with Crippen molar-refractivity contribution in [3.8, 4) is 5.75 Å². The Morgan fingerprint density at radius 2 is 2.04 bits per heavy atom. The number of aromatic nitrogens is 1. The van der Waals surface area contributed by atoms with Crippen molar-refractivity contribution < 1.29 is 14.6 Å². The molecule has 0 fully saturated rings. The van der Waals surface area contributed by atoms with Crippen LogP contribution in [0.15, 0.2) is 48.7 Å². The highest BCUT2D eigenvalue weighted by molar-refractivity contribution is 6.31. The van der Waals surface area contributed by atoms with Crippen LogP contribution in [0.3, 0.4) is 0 Å². The second kappa shape index (κ2) is 6.74.